The van der Waals surface area contributed by atoms with Gasteiger partial charge in [0.15, 0.2) is 0 Å². The van der Waals surface area contributed by atoms with E-state index < -0.39 is 0 Å². The Morgan fingerprint density at radius 2 is 2.29 bits per heavy atom. The van der Waals surface area contributed by atoms with Gasteiger partial charge in [-0.1, -0.05) is 0 Å². The van der Waals surface area contributed by atoms with Crippen LogP contribution in [0.15, 0.2) is 6.07 Å². The Morgan fingerprint density at radius 3 is 2.95 bits per heavy atom. The Labute approximate surface area is 127 Å². The van der Waals surface area contributed by atoms with Crippen molar-refractivity contribution in [2.75, 3.05) is 18.0 Å². The zero-order valence-electron chi connectivity index (χ0n) is 13.0. The van der Waals surface area contributed by atoms with Crippen LogP contribution in [0.25, 0.3) is 0 Å². The van der Waals surface area contributed by atoms with Gasteiger partial charge in [0, 0.05) is 24.3 Å². The second-order valence-corrected chi connectivity index (χ2v) is 6.47. The largest absolute Gasteiger partial charge is 0.352 e. The lowest BCUT2D eigenvalue weighted by Crippen LogP contribution is -2.42. The van der Waals surface area contributed by atoms with Crippen LogP contribution >= 0.6 is 0 Å². The minimum Gasteiger partial charge on any atom is -0.352 e. The van der Waals surface area contributed by atoms with Crippen molar-refractivity contribution in [3.8, 4) is 6.07 Å². The molecule has 1 unspecified atom stereocenters. The summed E-state index contributed by atoms with van der Waals surface area (Å²) in [5.74, 6) is 0.891. The van der Waals surface area contributed by atoms with Gasteiger partial charge in [-0.3, -0.25) is 0 Å². The molecule has 4 nitrogen and oxygen atoms in total. The van der Waals surface area contributed by atoms with Crippen LogP contribution in [-0.4, -0.2) is 30.2 Å². The van der Waals surface area contributed by atoms with Gasteiger partial charge in [0.25, 0.3) is 0 Å². The van der Waals surface area contributed by atoms with Gasteiger partial charge in [-0.2, -0.15) is 5.26 Å². The van der Waals surface area contributed by atoms with Crippen molar-refractivity contribution in [3.63, 3.8) is 0 Å². The number of hydrogen-bond acceptors (Lipinski definition) is 4. The van der Waals surface area contributed by atoms with Crippen LogP contribution < -0.4 is 10.2 Å². The predicted octanol–water partition coefficient (Wildman–Crippen LogP) is 2.41. The smallest absolute Gasteiger partial charge is 0.147 e. The Bertz CT molecular complexity index is 553. The molecular weight excluding hydrogens is 260 g/mol. The van der Waals surface area contributed by atoms with Crippen molar-refractivity contribution >= 4 is 5.82 Å². The summed E-state index contributed by atoms with van der Waals surface area (Å²) in [5, 5.41) is 13.1. The lowest BCUT2D eigenvalue weighted by Gasteiger charge is -2.31. The first kappa shape index (κ1) is 14.3. The summed E-state index contributed by atoms with van der Waals surface area (Å²) in [6.07, 6.45) is 5.77. The molecule has 0 aromatic carbocycles. The molecule has 1 N–H and O–H groups in total. The fourth-order valence-corrected chi connectivity index (χ4v) is 3.45. The van der Waals surface area contributed by atoms with Gasteiger partial charge in [0.2, 0.25) is 0 Å². The first-order chi connectivity index (χ1) is 10.2. The summed E-state index contributed by atoms with van der Waals surface area (Å²) in [6.45, 7) is 6.42. The van der Waals surface area contributed by atoms with Crippen LogP contribution in [0, 0.1) is 11.3 Å². The minimum absolute atomic E-state index is 0.353. The molecule has 0 amide bonds. The van der Waals surface area contributed by atoms with Gasteiger partial charge >= 0.3 is 0 Å². The van der Waals surface area contributed by atoms with Crippen LogP contribution in [0.5, 0.6) is 0 Å². The molecule has 1 saturated heterocycles. The van der Waals surface area contributed by atoms with E-state index in [0.717, 1.165) is 37.3 Å². The van der Waals surface area contributed by atoms with Crippen molar-refractivity contribution < 1.29 is 0 Å². The number of pyridine rings is 1. The van der Waals surface area contributed by atoms with Crippen molar-refractivity contribution in [1.82, 2.24) is 10.3 Å². The van der Waals surface area contributed by atoms with Crippen LogP contribution in [-0.2, 0) is 12.8 Å². The van der Waals surface area contributed by atoms with E-state index >= 15 is 0 Å². The van der Waals surface area contributed by atoms with E-state index in [0.29, 0.717) is 12.1 Å². The normalized spacial score (nSPS) is 20.6. The molecule has 0 spiro atoms. The van der Waals surface area contributed by atoms with Crippen molar-refractivity contribution in [2.45, 2.75) is 58.0 Å². The fourth-order valence-electron chi connectivity index (χ4n) is 3.45. The van der Waals surface area contributed by atoms with Gasteiger partial charge < -0.3 is 10.2 Å². The zero-order chi connectivity index (χ0) is 14.8. The Balaban J connectivity index is 1.92. The summed E-state index contributed by atoms with van der Waals surface area (Å²) < 4.78 is 0. The van der Waals surface area contributed by atoms with Gasteiger partial charge in [-0.15, -0.1) is 0 Å². The molecule has 0 saturated carbocycles. The molecule has 21 heavy (non-hydrogen) atoms. The fraction of sp³-hybridized carbons (Fsp3) is 0.647. The number of aromatic nitrogens is 1. The molecule has 1 fully saturated rings. The number of fused-ring (bicyclic) bond motifs is 1. The van der Waals surface area contributed by atoms with Crippen LogP contribution in [0.3, 0.4) is 0 Å². The molecular formula is C17H24N4. The lowest BCUT2D eigenvalue weighted by atomic mass is 10.1. The minimum atomic E-state index is 0.353. The van der Waals surface area contributed by atoms with E-state index in [9.17, 15) is 5.26 Å². The SMILES string of the molecule is CC(C)N(CC1CCCN1)c1nc2c(cc1C#N)CCC2. The number of anilines is 1. The number of hydrogen-bond donors (Lipinski definition) is 1. The first-order valence-electron chi connectivity index (χ1n) is 8.12. The molecule has 1 aromatic heterocycles. The second-order valence-electron chi connectivity index (χ2n) is 6.47. The standard InChI is InChI=1S/C17H24N4/c1-12(2)21(11-15-6-4-8-19-15)17-14(10-18)9-13-5-3-7-16(13)20-17/h9,12,15,19H,3-8,11H2,1-2H3. The van der Waals surface area contributed by atoms with Crippen LogP contribution in [0.1, 0.15) is 49.9 Å². The second kappa shape index (κ2) is 6.03. The van der Waals surface area contributed by atoms with Gasteiger partial charge in [0.1, 0.15) is 11.9 Å². The molecule has 3 rings (SSSR count). The third-order valence-corrected chi connectivity index (χ3v) is 4.63. The molecule has 0 radical (unpaired) electrons. The molecule has 4 heteroatoms. The van der Waals surface area contributed by atoms with E-state index in [1.165, 1.54) is 30.5 Å². The van der Waals surface area contributed by atoms with Gasteiger partial charge in [-0.05, 0) is 64.1 Å². The Morgan fingerprint density at radius 1 is 1.43 bits per heavy atom. The molecule has 1 aromatic rings. The molecule has 112 valence electrons. The Hall–Kier alpha value is -1.60. The average Bonchev–Trinajstić information content (AvgIpc) is 3.13. The molecule has 1 aliphatic heterocycles. The molecule has 0 bridgehead atoms. The summed E-state index contributed by atoms with van der Waals surface area (Å²) in [4.78, 5) is 7.17. The van der Waals surface area contributed by atoms with E-state index in [-0.39, 0.29) is 0 Å². The molecule has 1 atom stereocenters. The third-order valence-electron chi connectivity index (χ3n) is 4.63. The molecule has 2 heterocycles. The van der Waals surface area contributed by atoms with Gasteiger partial charge in [0.05, 0.1) is 5.56 Å². The number of nitrogens with one attached hydrogen (secondary N) is 1. The summed E-state index contributed by atoms with van der Waals surface area (Å²) in [5.41, 5.74) is 3.22. The van der Waals surface area contributed by atoms with Crippen molar-refractivity contribution in [3.05, 3.63) is 22.9 Å². The van der Waals surface area contributed by atoms with E-state index in [1.54, 1.807) is 0 Å². The van der Waals surface area contributed by atoms with E-state index in [2.05, 4.69) is 36.2 Å². The summed E-state index contributed by atoms with van der Waals surface area (Å²) in [7, 11) is 0. The van der Waals surface area contributed by atoms with Crippen molar-refractivity contribution in [2.24, 2.45) is 0 Å². The molecule has 1 aliphatic carbocycles. The number of aryl methyl sites for hydroxylation is 2. The van der Waals surface area contributed by atoms with Crippen LogP contribution in [0.2, 0.25) is 0 Å². The first-order valence-corrected chi connectivity index (χ1v) is 8.12. The van der Waals surface area contributed by atoms with Crippen LogP contribution in [0.4, 0.5) is 5.82 Å². The maximum absolute atomic E-state index is 9.51. The Kier molecular flexibility index (Phi) is 4.12. The number of rotatable bonds is 4. The maximum Gasteiger partial charge on any atom is 0.147 e. The summed E-state index contributed by atoms with van der Waals surface area (Å²) >= 11 is 0. The maximum atomic E-state index is 9.51. The zero-order valence-corrected chi connectivity index (χ0v) is 13.0. The molecule has 2 aliphatic rings. The highest BCUT2D eigenvalue weighted by Crippen LogP contribution is 2.28. The quantitative estimate of drug-likeness (QED) is 0.922. The number of nitriles is 1. The monoisotopic (exact) mass is 284 g/mol. The van der Waals surface area contributed by atoms with Gasteiger partial charge in [-0.25, -0.2) is 4.98 Å². The number of nitrogens with zero attached hydrogens (tertiary/aromatic N) is 3. The summed E-state index contributed by atoms with van der Waals surface area (Å²) in [6, 6.07) is 5.31. The van der Waals surface area contributed by atoms with E-state index in [4.69, 9.17) is 4.98 Å². The highest BCUT2D eigenvalue weighted by Gasteiger charge is 2.25. The van der Waals surface area contributed by atoms with Crippen molar-refractivity contribution in [1.29, 1.82) is 5.26 Å². The van der Waals surface area contributed by atoms with E-state index in [1.807, 2.05) is 0 Å². The average molecular weight is 284 g/mol. The predicted molar refractivity (Wildman–Crippen MR) is 84.5 cm³/mol. The highest BCUT2D eigenvalue weighted by molar-refractivity contribution is 5.57. The highest BCUT2D eigenvalue weighted by atomic mass is 15.2. The topological polar surface area (TPSA) is 52.0 Å². The third kappa shape index (κ3) is 2.89. The lowest BCUT2D eigenvalue weighted by molar-refractivity contribution is 0.548.